The van der Waals surface area contributed by atoms with Crippen LogP contribution in [0.15, 0.2) is 54.6 Å². The zero-order chi connectivity index (χ0) is 19.9. The molecule has 2 aromatic rings. The highest BCUT2D eigenvalue weighted by molar-refractivity contribution is 5.67. The smallest absolute Gasteiger partial charge is 0.419 e. The Labute approximate surface area is 154 Å². The summed E-state index contributed by atoms with van der Waals surface area (Å²) in [6.07, 6.45) is -6.39. The lowest BCUT2D eigenvalue weighted by molar-refractivity contribution is -0.139. The molecule has 1 atom stereocenters. The Hall–Kier alpha value is -2.74. The van der Waals surface area contributed by atoms with Crippen LogP contribution in [0.4, 0.5) is 18.0 Å². The molecule has 5 nitrogen and oxygen atoms in total. The first-order valence-corrected chi connectivity index (χ1v) is 8.16. The second-order valence-corrected chi connectivity index (χ2v) is 5.88. The van der Waals surface area contributed by atoms with Gasteiger partial charge in [-0.2, -0.15) is 13.2 Å². The van der Waals surface area contributed by atoms with Gasteiger partial charge in [0.05, 0.1) is 12.1 Å². The Bertz CT molecular complexity index is 737. The molecule has 2 aromatic carbocycles. The number of carbonyl (C=O) groups is 1. The fourth-order valence-electron chi connectivity index (χ4n) is 2.29. The molecular formula is C19H20F3NO4. The summed E-state index contributed by atoms with van der Waals surface area (Å²) < 4.78 is 48.9. The van der Waals surface area contributed by atoms with E-state index in [2.05, 4.69) is 0 Å². The van der Waals surface area contributed by atoms with Gasteiger partial charge in [-0.15, -0.1) is 0 Å². The number of alkyl halides is 3. The number of aliphatic hydroxyl groups is 1. The van der Waals surface area contributed by atoms with Crippen LogP contribution in [-0.2, 0) is 17.5 Å². The monoisotopic (exact) mass is 383 g/mol. The molecule has 0 aromatic heterocycles. The predicted molar refractivity (Wildman–Crippen MR) is 92.2 cm³/mol. The number of carbonyl (C=O) groups excluding carboxylic acids is 1. The summed E-state index contributed by atoms with van der Waals surface area (Å²) >= 11 is 0. The van der Waals surface area contributed by atoms with Gasteiger partial charge in [0.15, 0.2) is 0 Å². The van der Waals surface area contributed by atoms with Crippen molar-refractivity contribution in [2.45, 2.75) is 18.9 Å². The van der Waals surface area contributed by atoms with E-state index in [0.29, 0.717) is 0 Å². The van der Waals surface area contributed by atoms with Gasteiger partial charge in [-0.25, -0.2) is 4.79 Å². The van der Waals surface area contributed by atoms with Gasteiger partial charge in [0.1, 0.15) is 25.1 Å². The molecule has 1 amide bonds. The summed E-state index contributed by atoms with van der Waals surface area (Å²) in [4.78, 5) is 13.0. The number of rotatable bonds is 7. The first kappa shape index (κ1) is 20.6. The molecule has 0 saturated heterocycles. The van der Waals surface area contributed by atoms with Crippen LogP contribution >= 0.6 is 0 Å². The number of hydrogen-bond acceptors (Lipinski definition) is 4. The molecule has 146 valence electrons. The van der Waals surface area contributed by atoms with Crippen molar-refractivity contribution in [3.63, 3.8) is 0 Å². The number of nitrogens with zero attached hydrogens (tertiary/aromatic N) is 1. The van der Waals surface area contributed by atoms with Gasteiger partial charge in [0, 0.05) is 7.05 Å². The van der Waals surface area contributed by atoms with E-state index < -0.39 is 30.5 Å². The lowest BCUT2D eigenvalue weighted by Crippen LogP contribution is -2.37. The Morgan fingerprint density at radius 2 is 1.74 bits per heavy atom. The summed E-state index contributed by atoms with van der Waals surface area (Å²) in [6.45, 7) is -0.471. The molecule has 0 fully saturated rings. The number of halogens is 3. The molecule has 0 saturated carbocycles. The van der Waals surface area contributed by atoms with Gasteiger partial charge in [-0.1, -0.05) is 42.5 Å². The van der Waals surface area contributed by atoms with Crippen molar-refractivity contribution in [1.82, 2.24) is 4.90 Å². The second kappa shape index (κ2) is 9.27. The number of likely N-dealkylation sites (N-methyl/N-ethyl adjacent to an activating group) is 1. The van der Waals surface area contributed by atoms with Gasteiger partial charge >= 0.3 is 12.3 Å². The maximum absolute atomic E-state index is 12.9. The third-order valence-electron chi connectivity index (χ3n) is 3.63. The Morgan fingerprint density at radius 3 is 2.41 bits per heavy atom. The summed E-state index contributed by atoms with van der Waals surface area (Å²) in [6, 6.07) is 13.8. The average molecular weight is 383 g/mol. The minimum absolute atomic E-state index is 0.0789. The maximum Gasteiger partial charge on any atom is 0.419 e. The van der Waals surface area contributed by atoms with Crippen molar-refractivity contribution < 1.29 is 32.5 Å². The van der Waals surface area contributed by atoms with Gasteiger partial charge < -0.3 is 19.5 Å². The van der Waals surface area contributed by atoms with E-state index in [4.69, 9.17) is 9.47 Å². The highest BCUT2D eigenvalue weighted by Crippen LogP contribution is 2.35. The van der Waals surface area contributed by atoms with Crippen LogP contribution in [0, 0.1) is 0 Å². The molecule has 1 unspecified atom stereocenters. The van der Waals surface area contributed by atoms with E-state index in [1.54, 1.807) is 12.1 Å². The van der Waals surface area contributed by atoms with E-state index in [0.717, 1.165) is 16.5 Å². The molecule has 0 spiro atoms. The Morgan fingerprint density at radius 1 is 1.11 bits per heavy atom. The van der Waals surface area contributed by atoms with Crippen LogP contribution in [0.2, 0.25) is 0 Å². The van der Waals surface area contributed by atoms with E-state index in [-0.39, 0.29) is 18.9 Å². The lowest BCUT2D eigenvalue weighted by atomic mass is 10.2. The van der Waals surface area contributed by atoms with Crippen molar-refractivity contribution in [3.8, 4) is 5.75 Å². The van der Waals surface area contributed by atoms with Crippen LogP contribution < -0.4 is 4.74 Å². The quantitative estimate of drug-likeness (QED) is 0.792. The highest BCUT2D eigenvalue weighted by Gasteiger charge is 2.34. The number of amides is 1. The second-order valence-electron chi connectivity index (χ2n) is 5.88. The normalized spacial score (nSPS) is 12.3. The first-order chi connectivity index (χ1) is 12.8. The largest absolute Gasteiger partial charge is 0.490 e. The molecule has 27 heavy (non-hydrogen) atoms. The van der Waals surface area contributed by atoms with Crippen LogP contribution in [0.25, 0.3) is 0 Å². The molecule has 0 aliphatic carbocycles. The molecule has 0 bridgehead atoms. The summed E-state index contributed by atoms with van der Waals surface area (Å²) in [5.41, 5.74) is -0.111. The van der Waals surface area contributed by atoms with Gasteiger partial charge in [-0.3, -0.25) is 0 Å². The molecule has 8 heteroatoms. The number of benzene rings is 2. The van der Waals surface area contributed by atoms with E-state index in [9.17, 15) is 23.1 Å². The maximum atomic E-state index is 12.9. The number of ether oxygens (including phenoxy) is 2. The number of para-hydroxylation sites is 1. The standard InChI is InChI=1S/C19H20F3NO4/c1-23(18(25)27-12-14-7-3-2-4-8-14)11-15(24)13-26-17-10-6-5-9-16(17)19(20,21)22/h2-10,15,24H,11-13H2,1H3. The van der Waals surface area contributed by atoms with Gasteiger partial charge in [-0.05, 0) is 17.7 Å². The fourth-order valence-corrected chi connectivity index (χ4v) is 2.29. The van der Waals surface area contributed by atoms with Crippen LogP contribution in [0.1, 0.15) is 11.1 Å². The Kier molecular flexibility index (Phi) is 7.06. The fraction of sp³-hybridized carbons (Fsp3) is 0.316. The molecule has 0 radical (unpaired) electrons. The third kappa shape index (κ3) is 6.49. The summed E-state index contributed by atoms with van der Waals surface area (Å²) in [7, 11) is 1.42. The molecule has 0 heterocycles. The van der Waals surface area contributed by atoms with E-state index in [1.165, 1.54) is 25.2 Å². The van der Waals surface area contributed by atoms with Crippen LogP contribution in [-0.4, -0.2) is 42.4 Å². The summed E-state index contributed by atoms with van der Waals surface area (Å²) in [5, 5.41) is 9.95. The zero-order valence-electron chi connectivity index (χ0n) is 14.6. The van der Waals surface area contributed by atoms with Crippen LogP contribution in [0.3, 0.4) is 0 Å². The predicted octanol–water partition coefficient (Wildman–Crippen LogP) is 3.71. The highest BCUT2D eigenvalue weighted by atomic mass is 19.4. The lowest BCUT2D eigenvalue weighted by Gasteiger charge is -2.21. The topological polar surface area (TPSA) is 59.0 Å². The SMILES string of the molecule is CN(CC(O)COc1ccccc1C(F)(F)F)C(=O)OCc1ccccc1. The number of hydrogen-bond donors (Lipinski definition) is 1. The minimum atomic E-state index is -4.56. The van der Waals surface area contributed by atoms with Crippen molar-refractivity contribution in [2.24, 2.45) is 0 Å². The molecule has 0 aliphatic heterocycles. The molecule has 2 rings (SSSR count). The third-order valence-corrected chi connectivity index (χ3v) is 3.63. The zero-order valence-corrected chi connectivity index (χ0v) is 14.6. The van der Waals surface area contributed by atoms with Gasteiger partial charge in [0.25, 0.3) is 0 Å². The van der Waals surface area contributed by atoms with Crippen molar-refractivity contribution in [1.29, 1.82) is 0 Å². The molecule has 1 N–H and O–H groups in total. The van der Waals surface area contributed by atoms with Crippen molar-refractivity contribution >= 4 is 6.09 Å². The van der Waals surface area contributed by atoms with Crippen molar-refractivity contribution in [2.75, 3.05) is 20.2 Å². The first-order valence-electron chi connectivity index (χ1n) is 8.16. The van der Waals surface area contributed by atoms with E-state index in [1.807, 2.05) is 18.2 Å². The number of aliphatic hydroxyl groups excluding tert-OH is 1. The molecule has 0 aliphatic rings. The Balaban J connectivity index is 1.81. The van der Waals surface area contributed by atoms with Crippen LogP contribution in [0.5, 0.6) is 5.75 Å². The van der Waals surface area contributed by atoms with Gasteiger partial charge in [0.2, 0.25) is 0 Å². The minimum Gasteiger partial charge on any atom is -0.490 e. The van der Waals surface area contributed by atoms with Crippen molar-refractivity contribution in [3.05, 3.63) is 65.7 Å². The average Bonchev–Trinajstić information content (AvgIpc) is 2.64. The van der Waals surface area contributed by atoms with E-state index >= 15 is 0 Å². The summed E-state index contributed by atoms with van der Waals surface area (Å²) in [5.74, 6) is -0.377. The molecular weight excluding hydrogens is 363 g/mol.